The molecule has 3 heteroatoms. The van der Waals surface area contributed by atoms with Crippen molar-refractivity contribution in [3.8, 4) is 5.69 Å². The number of hydrogen-bond acceptors (Lipinski definition) is 1. The number of hydrogen-bond donors (Lipinski definition) is 0. The van der Waals surface area contributed by atoms with Gasteiger partial charge in [0, 0.05) is 26.3 Å². The Morgan fingerprint density at radius 1 is 0.667 bits per heavy atom. The minimum Gasteiger partial charge on any atom is -0.456 e. The molecule has 2 aromatic heterocycles. The summed E-state index contributed by atoms with van der Waals surface area (Å²) in [4.78, 5) is 0. The third kappa shape index (κ3) is 2.00. The Labute approximate surface area is 163 Å². The van der Waals surface area contributed by atoms with Gasteiger partial charge in [0.25, 0.3) is 0 Å². The van der Waals surface area contributed by atoms with Crippen LogP contribution in [0, 0.1) is 0 Å². The van der Waals surface area contributed by atoms with Crippen molar-refractivity contribution in [1.29, 1.82) is 0 Å². The number of rotatable bonds is 1. The van der Waals surface area contributed by atoms with E-state index in [-0.39, 0.29) is 0 Å². The third-order valence-corrected chi connectivity index (χ3v) is 5.87. The fourth-order valence-electron chi connectivity index (χ4n) is 4.16. The van der Waals surface area contributed by atoms with Gasteiger partial charge in [-0.1, -0.05) is 54.6 Å². The molecule has 0 N–H and O–H groups in total. The standard InChI is InChI=1S/C24H14BrNO/c25-18-14-21-23(17-11-5-7-13-20(17)27-21)24-22(18)16-10-4-6-12-19(16)26(24)15-8-2-1-3-9-15/h1-14H. The Hall–Kier alpha value is -3.04. The van der Waals surface area contributed by atoms with E-state index >= 15 is 0 Å². The van der Waals surface area contributed by atoms with Gasteiger partial charge < -0.3 is 8.98 Å². The minimum absolute atomic E-state index is 0.899. The van der Waals surface area contributed by atoms with Gasteiger partial charge in [-0.15, -0.1) is 0 Å². The lowest BCUT2D eigenvalue weighted by molar-refractivity contribution is 0.669. The molecule has 6 aromatic rings. The minimum atomic E-state index is 0.899. The highest BCUT2D eigenvalue weighted by molar-refractivity contribution is 9.10. The molecule has 0 aliphatic heterocycles. The Kier molecular flexibility index (Phi) is 3.06. The van der Waals surface area contributed by atoms with Crippen molar-refractivity contribution in [3.63, 3.8) is 0 Å². The van der Waals surface area contributed by atoms with Crippen molar-refractivity contribution >= 4 is 59.7 Å². The van der Waals surface area contributed by atoms with Crippen LogP contribution in [0.2, 0.25) is 0 Å². The van der Waals surface area contributed by atoms with Crippen LogP contribution < -0.4 is 0 Å². The zero-order chi connectivity index (χ0) is 18.0. The molecule has 2 nitrogen and oxygen atoms in total. The topological polar surface area (TPSA) is 18.1 Å². The van der Waals surface area contributed by atoms with Gasteiger partial charge in [-0.2, -0.15) is 0 Å². The van der Waals surface area contributed by atoms with E-state index in [0.29, 0.717) is 0 Å². The lowest BCUT2D eigenvalue weighted by Gasteiger charge is -2.08. The molecule has 0 atom stereocenters. The van der Waals surface area contributed by atoms with Crippen LogP contribution in [0.5, 0.6) is 0 Å². The summed E-state index contributed by atoms with van der Waals surface area (Å²) in [6.07, 6.45) is 0. The smallest absolute Gasteiger partial charge is 0.138 e. The lowest BCUT2D eigenvalue weighted by atomic mass is 10.1. The van der Waals surface area contributed by atoms with Gasteiger partial charge in [0.2, 0.25) is 0 Å². The van der Waals surface area contributed by atoms with Crippen LogP contribution in [-0.4, -0.2) is 4.57 Å². The van der Waals surface area contributed by atoms with Gasteiger partial charge >= 0.3 is 0 Å². The summed E-state index contributed by atoms with van der Waals surface area (Å²) in [6.45, 7) is 0. The molecular weight excluding hydrogens is 398 g/mol. The summed E-state index contributed by atoms with van der Waals surface area (Å²) in [6, 6.07) is 29.4. The molecule has 0 aliphatic rings. The van der Waals surface area contributed by atoms with Gasteiger partial charge in [0.05, 0.1) is 16.4 Å². The zero-order valence-electron chi connectivity index (χ0n) is 14.3. The molecule has 128 valence electrons. The van der Waals surface area contributed by atoms with E-state index in [9.17, 15) is 0 Å². The second-order valence-electron chi connectivity index (χ2n) is 6.74. The first kappa shape index (κ1) is 15.1. The molecule has 0 bridgehead atoms. The predicted octanol–water partition coefficient (Wildman–Crippen LogP) is 7.45. The summed E-state index contributed by atoms with van der Waals surface area (Å²) in [5.41, 5.74) is 5.33. The van der Waals surface area contributed by atoms with Gasteiger partial charge in [0.15, 0.2) is 0 Å². The third-order valence-electron chi connectivity index (χ3n) is 5.25. The number of para-hydroxylation sites is 3. The SMILES string of the molecule is Brc1cc2oc3ccccc3c2c2c1c1ccccc1n2-c1ccccc1. The lowest BCUT2D eigenvalue weighted by Crippen LogP contribution is -1.93. The maximum Gasteiger partial charge on any atom is 0.138 e. The average molecular weight is 412 g/mol. The van der Waals surface area contributed by atoms with Crippen LogP contribution in [0.4, 0.5) is 0 Å². The Bertz CT molecular complexity index is 1470. The van der Waals surface area contributed by atoms with E-state index < -0.39 is 0 Å². The molecule has 2 heterocycles. The van der Waals surface area contributed by atoms with Crippen LogP contribution in [0.1, 0.15) is 0 Å². The van der Waals surface area contributed by atoms with Crippen molar-refractivity contribution in [1.82, 2.24) is 4.57 Å². The number of furan rings is 1. The van der Waals surface area contributed by atoms with E-state index in [2.05, 4.69) is 93.3 Å². The second-order valence-corrected chi connectivity index (χ2v) is 7.60. The molecule has 0 saturated heterocycles. The predicted molar refractivity (Wildman–Crippen MR) is 116 cm³/mol. The number of nitrogens with zero attached hydrogens (tertiary/aromatic N) is 1. The normalized spacial score (nSPS) is 11.9. The molecule has 27 heavy (non-hydrogen) atoms. The monoisotopic (exact) mass is 411 g/mol. The first-order valence-electron chi connectivity index (χ1n) is 8.91. The van der Waals surface area contributed by atoms with Crippen molar-refractivity contribution in [2.24, 2.45) is 0 Å². The fourth-order valence-corrected chi connectivity index (χ4v) is 4.77. The van der Waals surface area contributed by atoms with Crippen molar-refractivity contribution in [3.05, 3.63) is 89.4 Å². The zero-order valence-corrected chi connectivity index (χ0v) is 15.9. The van der Waals surface area contributed by atoms with Crippen LogP contribution in [-0.2, 0) is 0 Å². The Morgan fingerprint density at radius 2 is 1.37 bits per heavy atom. The molecule has 0 amide bonds. The largest absolute Gasteiger partial charge is 0.456 e. The van der Waals surface area contributed by atoms with Crippen LogP contribution in [0.25, 0.3) is 49.4 Å². The van der Waals surface area contributed by atoms with E-state index in [4.69, 9.17) is 4.42 Å². The summed E-state index contributed by atoms with van der Waals surface area (Å²) >= 11 is 3.81. The van der Waals surface area contributed by atoms with E-state index in [1.807, 2.05) is 12.1 Å². The van der Waals surface area contributed by atoms with E-state index in [0.717, 1.165) is 32.1 Å². The molecule has 4 aromatic carbocycles. The first-order valence-corrected chi connectivity index (χ1v) is 9.70. The molecule has 0 fully saturated rings. The van der Waals surface area contributed by atoms with Crippen molar-refractivity contribution in [2.45, 2.75) is 0 Å². The maximum absolute atomic E-state index is 6.18. The second kappa shape index (κ2) is 5.48. The van der Waals surface area contributed by atoms with Crippen molar-refractivity contribution in [2.75, 3.05) is 0 Å². The highest BCUT2D eigenvalue weighted by atomic mass is 79.9. The summed E-state index contributed by atoms with van der Waals surface area (Å²) in [5, 5.41) is 4.75. The molecule has 0 aliphatic carbocycles. The van der Waals surface area contributed by atoms with E-state index in [1.54, 1.807) is 0 Å². The molecule has 0 unspecified atom stereocenters. The van der Waals surface area contributed by atoms with E-state index in [1.165, 1.54) is 21.8 Å². The van der Waals surface area contributed by atoms with Crippen LogP contribution in [0.3, 0.4) is 0 Å². The number of halogens is 1. The summed E-state index contributed by atoms with van der Waals surface area (Å²) < 4.78 is 9.58. The maximum atomic E-state index is 6.18. The Morgan fingerprint density at radius 3 is 2.22 bits per heavy atom. The van der Waals surface area contributed by atoms with Gasteiger partial charge in [-0.05, 0) is 46.3 Å². The van der Waals surface area contributed by atoms with Crippen LogP contribution in [0.15, 0.2) is 93.8 Å². The number of fused-ring (bicyclic) bond motifs is 7. The van der Waals surface area contributed by atoms with Crippen LogP contribution >= 0.6 is 15.9 Å². The highest BCUT2D eigenvalue weighted by Gasteiger charge is 2.20. The first-order chi connectivity index (χ1) is 13.3. The molecule has 0 radical (unpaired) electrons. The Balaban J connectivity index is 1.99. The molecule has 0 saturated carbocycles. The molecule has 0 spiro atoms. The number of aromatic nitrogens is 1. The van der Waals surface area contributed by atoms with Crippen molar-refractivity contribution < 1.29 is 4.42 Å². The van der Waals surface area contributed by atoms with Gasteiger partial charge in [-0.3, -0.25) is 0 Å². The quantitative estimate of drug-likeness (QED) is 0.274. The fraction of sp³-hybridized carbons (Fsp3) is 0. The van der Waals surface area contributed by atoms with Gasteiger partial charge in [0.1, 0.15) is 11.2 Å². The summed E-state index contributed by atoms with van der Waals surface area (Å²) in [5.74, 6) is 0. The molecule has 6 rings (SSSR count). The highest BCUT2D eigenvalue weighted by Crippen LogP contribution is 2.43. The number of benzene rings is 4. The average Bonchev–Trinajstić information content (AvgIpc) is 3.24. The molecular formula is C24H14BrNO. The van der Waals surface area contributed by atoms with Gasteiger partial charge in [-0.25, -0.2) is 0 Å². The summed E-state index contributed by atoms with van der Waals surface area (Å²) in [7, 11) is 0.